The van der Waals surface area contributed by atoms with Crippen LogP contribution in [0.5, 0.6) is 0 Å². The summed E-state index contributed by atoms with van der Waals surface area (Å²) in [7, 11) is 0. The summed E-state index contributed by atoms with van der Waals surface area (Å²) in [4.78, 5) is 3.12. The maximum Gasteiger partial charge on any atom is 0.177 e. The van der Waals surface area contributed by atoms with E-state index in [1.54, 1.807) is 0 Å². The van der Waals surface area contributed by atoms with E-state index >= 15 is 0 Å². The quantitative estimate of drug-likeness (QED) is 0.697. The van der Waals surface area contributed by atoms with Crippen molar-refractivity contribution in [2.75, 3.05) is 0 Å². The molecule has 1 aliphatic carbocycles. The summed E-state index contributed by atoms with van der Waals surface area (Å²) < 4.78 is 3.17. The molecular formula is C9H14N2S. The van der Waals surface area contributed by atoms with Gasteiger partial charge in [-0.25, -0.2) is 0 Å². The molecule has 0 unspecified atom stereocenters. The van der Waals surface area contributed by atoms with Crippen molar-refractivity contribution < 1.29 is 0 Å². The molecule has 0 saturated heterocycles. The van der Waals surface area contributed by atoms with Gasteiger partial charge in [0.2, 0.25) is 0 Å². The highest BCUT2D eigenvalue weighted by atomic mass is 32.1. The Bertz CT molecular complexity index is 331. The second kappa shape index (κ2) is 2.73. The molecule has 2 rings (SSSR count). The zero-order valence-corrected chi connectivity index (χ0v) is 8.32. The molecule has 0 aliphatic heterocycles. The van der Waals surface area contributed by atoms with Crippen molar-refractivity contribution in [2.45, 2.75) is 38.6 Å². The first kappa shape index (κ1) is 8.05. The van der Waals surface area contributed by atoms with Gasteiger partial charge in [0.25, 0.3) is 0 Å². The summed E-state index contributed by atoms with van der Waals surface area (Å²) in [6, 6.07) is 0.696. The third-order valence-corrected chi connectivity index (χ3v) is 2.66. The Labute approximate surface area is 77.6 Å². The maximum absolute atomic E-state index is 5.22. The van der Waals surface area contributed by atoms with Gasteiger partial charge >= 0.3 is 0 Å². The average molecular weight is 182 g/mol. The number of aromatic amines is 1. The van der Waals surface area contributed by atoms with E-state index in [-0.39, 0.29) is 0 Å². The first-order valence-corrected chi connectivity index (χ1v) is 4.91. The number of imidazole rings is 1. The molecule has 2 nitrogen and oxygen atoms in total. The first-order valence-electron chi connectivity index (χ1n) is 4.50. The molecular weight excluding hydrogens is 168 g/mol. The monoisotopic (exact) mass is 182 g/mol. The van der Waals surface area contributed by atoms with E-state index in [0.717, 1.165) is 4.77 Å². The molecule has 1 N–H and O–H groups in total. The number of nitrogens with zero attached hydrogens (tertiary/aromatic N) is 1. The molecule has 0 radical (unpaired) electrons. The predicted octanol–water partition coefficient (Wildman–Crippen LogP) is 3.00. The topological polar surface area (TPSA) is 20.7 Å². The van der Waals surface area contributed by atoms with Gasteiger partial charge in [0.05, 0.1) is 0 Å². The summed E-state index contributed by atoms with van der Waals surface area (Å²) in [5, 5.41) is 0. The van der Waals surface area contributed by atoms with Gasteiger partial charge in [-0.3, -0.25) is 0 Å². The first-order chi connectivity index (χ1) is 5.70. The highest BCUT2D eigenvalue weighted by Gasteiger charge is 2.26. The number of aromatic nitrogens is 2. The van der Waals surface area contributed by atoms with Gasteiger partial charge in [-0.15, -0.1) is 0 Å². The lowest BCUT2D eigenvalue weighted by molar-refractivity contribution is 0.650. The lowest BCUT2D eigenvalue weighted by Crippen LogP contribution is -2.01. The van der Waals surface area contributed by atoms with E-state index in [1.165, 1.54) is 18.5 Å². The van der Waals surface area contributed by atoms with E-state index in [4.69, 9.17) is 12.2 Å². The fraction of sp³-hybridized carbons (Fsp3) is 0.667. The Balaban J connectivity index is 2.46. The fourth-order valence-electron chi connectivity index (χ4n) is 1.55. The van der Waals surface area contributed by atoms with E-state index in [1.807, 2.05) is 6.20 Å². The van der Waals surface area contributed by atoms with Crippen LogP contribution in [0.25, 0.3) is 0 Å². The second-order valence-corrected chi connectivity index (χ2v) is 4.16. The van der Waals surface area contributed by atoms with Crippen LogP contribution in [-0.2, 0) is 0 Å². The van der Waals surface area contributed by atoms with E-state index < -0.39 is 0 Å². The molecule has 1 saturated carbocycles. The highest BCUT2D eigenvalue weighted by Crippen LogP contribution is 2.37. The fourth-order valence-corrected chi connectivity index (χ4v) is 1.86. The molecule has 1 aromatic rings. The summed E-state index contributed by atoms with van der Waals surface area (Å²) in [5.41, 5.74) is 1.35. The lowest BCUT2D eigenvalue weighted by atomic mass is 10.1. The van der Waals surface area contributed by atoms with Crippen molar-refractivity contribution in [1.29, 1.82) is 0 Å². The van der Waals surface area contributed by atoms with E-state index in [2.05, 4.69) is 23.4 Å². The molecule has 0 bridgehead atoms. The number of hydrogen-bond donors (Lipinski definition) is 1. The highest BCUT2D eigenvalue weighted by molar-refractivity contribution is 7.71. The van der Waals surface area contributed by atoms with Gasteiger partial charge in [0.15, 0.2) is 4.77 Å². The van der Waals surface area contributed by atoms with Gasteiger partial charge in [0, 0.05) is 17.9 Å². The van der Waals surface area contributed by atoms with Gasteiger partial charge in [-0.2, -0.15) is 0 Å². The third kappa shape index (κ3) is 1.22. The van der Waals surface area contributed by atoms with E-state index in [9.17, 15) is 0 Å². The number of rotatable bonds is 2. The Morgan fingerprint density at radius 2 is 2.25 bits per heavy atom. The molecule has 3 heteroatoms. The summed E-state index contributed by atoms with van der Waals surface area (Å²) in [5.74, 6) is 0.568. The SMILES string of the molecule is CC(C)c1c[nH]c(=S)n1C1CC1. The Morgan fingerprint density at radius 1 is 1.58 bits per heavy atom. The lowest BCUT2D eigenvalue weighted by Gasteiger charge is -2.08. The smallest absolute Gasteiger partial charge is 0.177 e. The number of hydrogen-bond acceptors (Lipinski definition) is 1. The standard InChI is InChI=1S/C9H14N2S/c1-6(2)8-5-10-9(12)11(8)7-3-4-7/h5-7H,3-4H2,1-2H3,(H,10,12). The minimum atomic E-state index is 0.568. The van der Waals surface area contributed by atoms with Gasteiger partial charge in [-0.1, -0.05) is 13.8 Å². The van der Waals surface area contributed by atoms with Crippen LogP contribution in [-0.4, -0.2) is 9.55 Å². The van der Waals surface area contributed by atoms with Crippen molar-refractivity contribution in [2.24, 2.45) is 0 Å². The molecule has 66 valence electrons. The molecule has 0 spiro atoms. The Morgan fingerprint density at radius 3 is 2.75 bits per heavy atom. The zero-order valence-electron chi connectivity index (χ0n) is 7.50. The van der Waals surface area contributed by atoms with Crippen molar-refractivity contribution in [3.05, 3.63) is 16.7 Å². The van der Waals surface area contributed by atoms with Crippen LogP contribution in [0.15, 0.2) is 6.20 Å². The number of H-pyrrole nitrogens is 1. The van der Waals surface area contributed by atoms with Crippen LogP contribution < -0.4 is 0 Å². The summed E-state index contributed by atoms with van der Waals surface area (Å²) in [6.45, 7) is 4.41. The van der Waals surface area contributed by atoms with Crippen LogP contribution in [0.3, 0.4) is 0 Å². The molecule has 0 aromatic carbocycles. The molecule has 0 atom stereocenters. The maximum atomic E-state index is 5.22. The van der Waals surface area contributed by atoms with Crippen LogP contribution in [0.2, 0.25) is 0 Å². The van der Waals surface area contributed by atoms with Crippen LogP contribution in [0.4, 0.5) is 0 Å². The average Bonchev–Trinajstić information content (AvgIpc) is 2.75. The van der Waals surface area contributed by atoms with E-state index in [0.29, 0.717) is 12.0 Å². The molecule has 1 heterocycles. The second-order valence-electron chi connectivity index (χ2n) is 3.77. The predicted molar refractivity (Wildman–Crippen MR) is 52.0 cm³/mol. The molecule has 12 heavy (non-hydrogen) atoms. The van der Waals surface area contributed by atoms with Gasteiger partial charge < -0.3 is 9.55 Å². The van der Waals surface area contributed by atoms with Gasteiger partial charge in [0.1, 0.15) is 0 Å². The summed E-state index contributed by atoms with van der Waals surface area (Å²) >= 11 is 5.22. The van der Waals surface area contributed by atoms with Crippen LogP contribution in [0, 0.1) is 4.77 Å². The van der Waals surface area contributed by atoms with Crippen molar-refractivity contribution in [3.8, 4) is 0 Å². The molecule has 1 aliphatic rings. The normalized spacial score (nSPS) is 17.2. The minimum absolute atomic E-state index is 0.568. The van der Waals surface area contributed by atoms with Crippen LogP contribution >= 0.6 is 12.2 Å². The zero-order chi connectivity index (χ0) is 8.72. The minimum Gasteiger partial charge on any atom is -0.337 e. The third-order valence-electron chi connectivity index (χ3n) is 2.34. The molecule has 1 fully saturated rings. The Kier molecular flexibility index (Phi) is 1.83. The largest absolute Gasteiger partial charge is 0.337 e. The van der Waals surface area contributed by atoms with Gasteiger partial charge in [-0.05, 0) is 31.0 Å². The van der Waals surface area contributed by atoms with Crippen LogP contribution in [0.1, 0.15) is 44.3 Å². The number of nitrogens with one attached hydrogen (secondary N) is 1. The molecule has 1 aromatic heterocycles. The Hall–Kier alpha value is -0.570. The molecule has 0 amide bonds. The van der Waals surface area contributed by atoms with Crippen molar-refractivity contribution >= 4 is 12.2 Å². The summed E-state index contributed by atoms with van der Waals surface area (Å²) in [6.07, 6.45) is 4.64. The van der Waals surface area contributed by atoms with Crippen molar-refractivity contribution in [3.63, 3.8) is 0 Å². The van der Waals surface area contributed by atoms with Crippen molar-refractivity contribution in [1.82, 2.24) is 9.55 Å².